The molecular weight excluding hydrogens is 471 g/mol. The number of methoxy groups -OCH3 is 1. The molecule has 0 unspecified atom stereocenters. The summed E-state index contributed by atoms with van der Waals surface area (Å²) in [5.41, 5.74) is 0.450. The van der Waals surface area contributed by atoms with Gasteiger partial charge in [0.1, 0.15) is 11.3 Å². The second kappa shape index (κ2) is 8.99. The van der Waals surface area contributed by atoms with Crippen LogP contribution in [0.2, 0.25) is 0 Å². The highest BCUT2D eigenvalue weighted by atomic mass is 19.1. The Hall–Kier alpha value is -4.41. The summed E-state index contributed by atoms with van der Waals surface area (Å²) >= 11 is 0. The van der Waals surface area contributed by atoms with E-state index in [2.05, 4.69) is 16.0 Å². The Morgan fingerprint density at radius 3 is 2.72 bits per heavy atom. The van der Waals surface area contributed by atoms with Gasteiger partial charge in [-0.2, -0.15) is 0 Å². The molecule has 1 atom stereocenters. The third-order valence-electron chi connectivity index (χ3n) is 6.45. The Morgan fingerprint density at radius 1 is 1.19 bits per heavy atom. The third-order valence-corrected chi connectivity index (χ3v) is 6.45. The van der Waals surface area contributed by atoms with Gasteiger partial charge in [0.25, 0.3) is 11.8 Å². The highest BCUT2D eigenvalue weighted by molar-refractivity contribution is 6.08. The van der Waals surface area contributed by atoms with Crippen LogP contribution in [0.3, 0.4) is 0 Å². The molecule has 2 aliphatic rings. The van der Waals surface area contributed by atoms with Crippen LogP contribution in [0, 0.1) is 5.82 Å². The van der Waals surface area contributed by atoms with E-state index in [1.165, 1.54) is 24.1 Å². The van der Waals surface area contributed by atoms with Gasteiger partial charge >= 0.3 is 6.03 Å². The number of ether oxygens (including phenoxy) is 1. The molecule has 36 heavy (non-hydrogen) atoms. The minimum absolute atomic E-state index is 0.0377. The van der Waals surface area contributed by atoms with Crippen molar-refractivity contribution in [1.29, 1.82) is 0 Å². The zero-order valence-corrected chi connectivity index (χ0v) is 19.4. The van der Waals surface area contributed by atoms with Crippen LogP contribution in [0.15, 0.2) is 40.8 Å². The average Bonchev–Trinajstić information content (AvgIpc) is 3.34. The Kier molecular flexibility index (Phi) is 5.83. The maximum atomic E-state index is 14.2. The first-order chi connectivity index (χ1) is 17.3. The zero-order chi connectivity index (χ0) is 25.4. The Labute approximate surface area is 204 Å². The Bertz CT molecular complexity index is 1400. The summed E-state index contributed by atoms with van der Waals surface area (Å²) in [5, 5.41) is 8.29. The minimum atomic E-state index is -1.72. The van der Waals surface area contributed by atoms with Gasteiger partial charge in [0, 0.05) is 24.0 Å². The van der Waals surface area contributed by atoms with Crippen LogP contribution in [-0.2, 0) is 28.1 Å². The van der Waals surface area contributed by atoms with Gasteiger partial charge in [-0.1, -0.05) is 6.07 Å². The fraction of sp³-hybridized carbons (Fsp3) is 0.280. The number of benzene rings is 2. The lowest BCUT2D eigenvalue weighted by Crippen LogP contribution is -2.52. The van der Waals surface area contributed by atoms with E-state index in [4.69, 9.17) is 9.15 Å². The van der Waals surface area contributed by atoms with Gasteiger partial charge < -0.3 is 24.7 Å². The number of furan rings is 1. The van der Waals surface area contributed by atoms with Gasteiger partial charge in [0.05, 0.1) is 13.7 Å². The van der Waals surface area contributed by atoms with E-state index in [0.29, 0.717) is 41.5 Å². The maximum absolute atomic E-state index is 14.2. The van der Waals surface area contributed by atoms with Crippen LogP contribution in [-0.4, -0.2) is 49.4 Å². The molecule has 0 radical (unpaired) electrons. The van der Waals surface area contributed by atoms with Gasteiger partial charge in [0.2, 0.25) is 6.41 Å². The first kappa shape index (κ1) is 23.3. The third kappa shape index (κ3) is 4.02. The number of aryl methyl sites for hydroxylation is 1. The molecule has 5 rings (SSSR count). The van der Waals surface area contributed by atoms with Crippen molar-refractivity contribution in [2.45, 2.75) is 24.9 Å². The van der Waals surface area contributed by atoms with Gasteiger partial charge in [-0.15, -0.1) is 0 Å². The summed E-state index contributed by atoms with van der Waals surface area (Å²) in [6.45, 7) is 0.265. The largest absolute Gasteiger partial charge is 0.494 e. The second-order valence-corrected chi connectivity index (χ2v) is 8.81. The number of imide groups is 1. The molecule has 10 nitrogen and oxygen atoms in total. The summed E-state index contributed by atoms with van der Waals surface area (Å²) in [4.78, 5) is 50.9. The number of nitrogens with zero attached hydrogens (tertiary/aromatic N) is 1. The topological polar surface area (TPSA) is 130 Å². The van der Waals surface area contributed by atoms with E-state index < -0.39 is 23.3 Å². The molecule has 0 spiro atoms. The summed E-state index contributed by atoms with van der Waals surface area (Å²) in [6, 6.07) is 8.60. The van der Waals surface area contributed by atoms with E-state index >= 15 is 0 Å². The number of rotatable bonds is 7. The lowest BCUT2D eigenvalue weighted by atomic mass is 9.94. The van der Waals surface area contributed by atoms with Crippen molar-refractivity contribution in [3.63, 3.8) is 0 Å². The van der Waals surface area contributed by atoms with Crippen molar-refractivity contribution in [3.05, 3.63) is 64.7 Å². The van der Waals surface area contributed by atoms with Crippen LogP contribution in [0.25, 0.3) is 11.0 Å². The van der Waals surface area contributed by atoms with Gasteiger partial charge in [0.15, 0.2) is 17.1 Å². The standard InChI is InChI=1S/C25H23FN4O6/c1-35-19-5-4-14(7-18(19)26)11-30(13-31)12-25(23(33)28-24(34)29-25)21-9-16-8-15-3-2-6-27-22(32)17(15)10-20(16)36-21/h4-5,7-10,13H,2-3,6,11-12H2,1H3,(H,27,32)(H2,28,29,33,34)/t25-/m0/s1. The van der Waals surface area contributed by atoms with E-state index in [-0.39, 0.29) is 30.5 Å². The van der Waals surface area contributed by atoms with Crippen molar-refractivity contribution in [2.24, 2.45) is 0 Å². The van der Waals surface area contributed by atoms with Gasteiger partial charge in [-0.25, -0.2) is 9.18 Å². The molecule has 0 aliphatic carbocycles. The zero-order valence-electron chi connectivity index (χ0n) is 19.4. The molecule has 3 N–H and O–H groups in total. The first-order valence-corrected chi connectivity index (χ1v) is 11.3. The number of carbonyl (C=O) groups excluding carboxylic acids is 4. The molecule has 1 saturated heterocycles. The molecule has 0 bridgehead atoms. The lowest BCUT2D eigenvalue weighted by molar-refractivity contribution is -0.127. The first-order valence-electron chi connectivity index (χ1n) is 11.3. The summed E-state index contributed by atoms with van der Waals surface area (Å²) < 4.78 is 25.1. The molecule has 186 valence electrons. The SMILES string of the molecule is COc1ccc(CN(C=O)C[C@@]2(c3cc4cc5c(cc4o3)C(=O)NCCC5)NC(=O)NC2=O)cc1F. The normalized spacial score (nSPS) is 19.2. The quantitative estimate of drug-likeness (QED) is 0.340. The molecule has 11 heteroatoms. The molecule has 3 aromatic rings. The highest BCUT2D eigenvalue weighted by Gasteiger charge is 2.51. The predicted molar refractivity (Wildman–Crippen MR) is 125 cm³/mol. The predicted octanol–water partition coefficient (Wildman–Crippen LogP) is 1.95. The van der Waals surface area contributed by atoms with Crippen LogP contribution in [0.5, 0.6) is 5.75 Å². The average molecular weight is 494 g/mol. The van der Waals surface area contributed by atoms with Crippen LogP contribution >= 0.6 is 0 Å². The fourth-order valence-corrected chi connectivity index (χ4v) is 4.67. The summed E-state index contributed by atoms with van der Waals surface area (Å²) in [6.07, 6.45) is 2.00. The number of carbonyl (C=O) groups is 4. The van der Waals surface area contributed by atoms with Gasteiger partial charge in [-0.3, -0.25) is 19.7 Å². The molecule has 3 heterocycles. The number of hydrogen-bond acceptors (Lipinski definition) is 6. The van der Waals surface area contributed by atoms with Gasteiger partial charge in [-0.05, 0) is 54.3 Å². The lowest BCUT2D eigenvalue weighted by Gasteiger charge is -2.29. The smallest absolute Gasteiger partial charge is 0.322 e. The van der Waals surface area contributed by atoms with Crippen molar-refractivity contribution in [1.82, 2.24) is 20.9 Å². The number of amides is 5. The Morgan fingerprint density at radius 2 is 2.03 bits per heavy atom. The van der Waals surface area contributed by atoms with Crippen molar-refractivity contribution in [2.75, 3.05) is 20.2 Å². The number of fused-ring (bicyclic) bond motifs is 2. The summed E-state index contributed by atoms with van der Waals surface area (Å²) in [5.74, 6) is -1.33. The van der Waals surface area contributed by atoms with Crippen LogP contribution < -0.4 is 20.7 Å². The fourth-order valence-electron chi connectivity index (χ4n) is 4.67. The molecule has 2 aromatic carbocycles. The number of urea groups is 1. The van der Waals surface area contributed by atoms with Crippen molar-refractivity contribution in [3.8, 4) is 5.75 Å². The highest BCUT2D eigenvalue weighted by Crippen LogP contribution is 2.34. The van der Waals surface area contributed by atoms with Crippen LogP contribution in [0.4, 0.5) is 9.18 Å². The van der Waals surface area contributed by atoms with E-state index in [0.717, 1.165) is 12.0 Å². The van der Waals surface area contributed by atoms with E-state index in [9.17, 15) is 23.6 Å². The maximum Gasteiger partial charge on any atom is 0.322 e. The van der Waals surface area contributed by atoms with Crippen molar-refractivity contribution < 1.29 is 32.7 Å². The number of hydrogen-bond donors (Lipinski definition) is 3. The second-order valence-electron chi connectivity index (χ2n) is 8.81. The van der Waals surface area contributed by atoms with E-state index in [1.807, 2.05) is 6.07 Å². The Balaban J connectivity index is 1.51. The van der Waals surface area contributed by atoms with E-state index in [1.54, 1.807) is 18.2 Å². The minimum Gasteiger partial charge on any atom is -0.494 e. The monoisotopic (exact) mass is 494 g/mol. The van der Waals surface area contributed by atoms with Crippen molar-refractivity contribution >= 4 is 35.2 Å². The number of nitrogens with one attached hydrogen (secondary N) is 3. The molecular formula is C25H23FN4O6. The molecule has 2 aliphatic heterocycles. The number of halogens is 1. The molecule has 1 fully saturated rings. The summed E-state index contributed by atoms with van der Waals surface area (Å²) in [7, 11) is 1.35. The van der Waals surface area contributed by atoms with Crippen LogP contribution in [0.1, 0.15) is 33.7 Å². The molecule has 5 amide bonds. The molecule has 0 saturated carbocycles. The molecule has 1 aromatic heterocycles.